The van der Waals surface area contributed by atoms with E-state index in [9.17, 15) is 0 Å². The predicted octanol–water partition coefficient (Wildman–Crippen LogP) is 6.48. The Labute approximate surface area is 272 Å². The Balaban J connectivity index is 1.49. The van der Waals surface area contributed by atoms with E-state index in [2.05, 4.69) is 49.8 Å². The van der Waals surface area contributed by atoms with Gasteiger partial charge in [0.15, 0.2) is 0 Å². The van der Waals surface area contributed by atoms with E-state index in [1.807, 2.05) is 48.6 Å². The number of fused-ring (bicyclic) bond motifs is 8. The van der Waals surface area contributed by atoms with Crippen LogP contribution in [0.2, 0.25) is 0 Å². The van der Waals surface area contributed by atoms with Crippen LogP contribution in [0.5, 0.6) is 0 Å². The molecule has 0 spiro atoms. The highest BCUT2D eigenvalue weighted by Crippen LogP contribution is 2.36. The van der Waals surface area contributed by atoms with Gasteiger partial charge in [0.05, 0.1) is 115 Å². The van der Waals surface area contributed by atoms with Crippen molar-refractivity contribution in [2.45, 2.75) is 0 Å². The van der Waals surface area contributed by atoms with E-state index in [1.165, 1.54) is 0 Å². The molecule has 0 fully saturated rings. The second-order valence-electron chi connectivity index (χ2n) is 10.9. The molecule has 0 aromatic carbocycles. The smallest absolute Gasteiger partial charge is 0.0927 e. The first-order chi connectivity index (χ1) is 23.8. The molecule has 0 atom stereocenters. The van der Waals surface area contributed by atoms with Gasteiger partial charge in [-0.1, -0.05) is 0 Å². The molecule has 0 saturated carbocycles. The molecular formula is C36H22N12. The lowest BCUT2D eigenvalue weighted by Crippen LogP contribution is -1.93. The van der Waals surface area contributed by atoms with E-state index in [4.69, 9.17) is 9.97 Å². The van der Waals surface area contributed by atoms with Gasteiger partial charge >= 0.3 is 0 Å². The molecule has 2 aliphatic heterocycles. The average Bonchev–Trinajstić information content (AvgIpc) is 3.98. The van der Waals surface area contributed by atoms with Gasteiger partial charge in [0.25, 0.3) is 0 Å². The quantitative estimate of drug-likeness (QED) is 0.222. The molecule has 0 radical (unpaired) electrons. The van der Waals surface area contributed by atoms with Gasteiger partial charge < -0.3 is 9.97 Å². The molecule has 2 aliphatic rings. The van der Waals surface area contributed by atoms with Crippen molar-refractivity contribution < 1.29 is 0 Å². The number of H-pyrrole nitrogens is 2. The van der Waals surface area contributed by atoms with Crippen molar-refractivity contribution in [2.75, 3.05) is 0 Å². The minimum absolute atomic E-state index is 0.665. The monoisotopic (exact) mass is 622 g/mol. The Kier molecular flexibility index (Phi) is 6.46. The van der Waals surface area contributed by atoms with Crippen LogP contribution in [0.25, 0.3) is 91.4 Å². The zero-order valence-corrected chi connectivity index (χ0v) is 25.0. The Morgan fingerprint density at radius 2 is 0.604 bits per heavy atom. The van der Waals surface area contributed by atoms with Crippen LogP contribution >= 0.6 is 0 Å². The highest BCUT2D eigenvalue weighted by atomic mass is 14.9. The van der Waals surface area contributed by atoms with Crippen LogP contribution in [0, 0.1) is 0 Å². The summed E-state index contributed by atoms with van der Waals surface area (Å²) in [7, 11) is 0. The average molecular weight is 623 g/mol. The normalized spacial score (nSPS) is 12.0. The molecule has 7 aromatic heterocycles. The number of rotatable bonds is 4. The standard InChI is InChI=1S/C36H22N12/c1-2-22-34(30-18-38-10-14-42-30)24-5-6-26(47-24)36(32-20-40-12-16-44-32)28-8-7-27(48-28)35(31-19-39-11-15-43-31)25-4-3-23(46-25)33(21(1)45-22)29-17-37-9-13-41-29/h1-20,45,48H. The first kappa shape index (κ1) is 27.2. The Bertz CT molecular complexity index is 2190. The molecule has 0 amide bonds. The summed E-state index contributed by atoms with van der Waals surface area (Å²) in [6.07, 6.45) is 28.1. The molecule has 0 unspecified atom stereocenters. The lowest BCUT2D eigenvalue weighted by atomic mass is 10.1. The maximum absolute atomic E-state index is 5.17. The fourth-order valence-electron chi connectivity index (χ4n) is 6.00. The van der Waals surface area contributed by atoms with E-state index in [0.29, 0.717) is 45.6 Å². The van der Waals surface area contributed by atoms with Gasteiger partial charge in [-0.25, -0.2) is 9.97 Å². The fourth-order valence-corrected chi connectivity index (χ4v) is 6.00. The third-order valence-corrected chi connectivity index (χ3v) is 8.03. The maximum atomic E-state index is 5.17. The van der Waals surface area contributed by atoms with Crippen LogP contribution in [-0.4, -0.2) is 59.8 Å². The van der Waals surface area contributed by atoms with Crippen LogP contribution in [0.4, 0.5) is 0 Å². The summed E-state index contributed by atoms with van der Waals surface area (Å²) in [5.74, 6) is 0. The molecule has 12 heteroatoms. The van der Waals surface area contributed by atoms with Crippen molar-refractivity contribution in [3.05, 3.63) is 121 Å². The molecule has 0 aliphatic carbocycles. The highest BCUT2D eigenvalue weighted by Gasteiger charge is 2.20. The van der Waals surface area contributed by atoms with Gasteiger partial charge in [0.2, 0.25) is 0 Å². The summed E-state index contributed by atoms with van der Waals surface area (Å²) in [6.45, 7) is 0. The summed E-state index contributed by atoms with van der Waals surface area (Å²) < 4.78 is 0. The van der Waals surface area contributed by atoms with Crippen molar-refractivity contribution in [3.8, 4) is 45.0 Å². The van der Waals surface area contributed by atoms with Crippen LogP contribution < -0.4 is 0 Å². The van der Waals surface area contributed by atoms with Gasteiger partial charge in [0.1, 0.15) is 0 Å². The first-order valence-corrected chi connectivity index (χ1v) is 15.0. The molecule has 9 heterocycles. The first-order valence-electron chi connectivity index (χ1n) is 15.0. The van der Waals surface area contributed by atoms with Crippen molar-refractivity contribution in [3.63, 3.8) is 0 Å². The molecule has 0 saturated heterocycles. The number of nitrogens with zero attached hydrogens (tertiary/aromatic N) is 10. The van der Waals surface area contributed by atoms with Crippen molar-refractivity contribution in [1.82, 2.24) is 59.8 Å². The summed E-state index contributed by atoms with van der Waals surface area (Å²) in [4.78, 5) is 53.7. The van der Waals surface area contributed by atoms with E-state index in [1.54, 1.807) is 74.4 Å². The minimum atomic E-state index is 0.665. The van der Waals surface area contributed by atoms with Gasteiger partial charge in [-0.05, 0) is 48.6 Å². The van der Waals surface area contributed by atoms with Crippen molar-refractivity contribution in [1.29, 1.82) is 0 Å². The zero-order valence-electron chi connectivity index (χ0n) is 25.0. The second kappa shape index (κ2) is 11.4. The molecule has 7 aromatic rings. The number of aromatic nitrogens is 12. The zero-order chi connectivity index (χ0) is 31.9. The van der Waals surface area contributed by atoms with E-state index < -0.39 is 0 Å². The third kappa shape index (κ3) is 4.72. The van der Waals surface area contributed by atoms with Gasteiger partial charge in [-0.3, -0.25) is 39.9 Å². The van der Waals surface area contributed by atoms with Gasteiger partial charge in [-0.15, -0.1) is 0 Å². The third-order valence-electron chi connectivity index (χ3n) is 8.03. The van der Waals surface area contributed by atoms with Crippen molar-refractivity contribution >= 4 is 46.4 Å². The molecule has 9 rings (SSSR count). The van der Waals surface area contributed by atoms with Gasteiger partial charge in [-0.2, -0.15) is 0 Å². The number of aromatic amines is 2. The summed E-state index contributed by atoms with van der Waals surface area (Å²) in [6, 6.07) is 8.03. The number of nitrogens with one attached hydrogen (secondary N) is 2. The lowest BCUT2D eigenvalue weighted by molar-refractivity contribution is 1.19. The number of hydrogen-bond acceptors (Lipinski definition) is 10. The summed E-state index contributed by atoms with van der Waals surface area (Å²) in [5, 5.41) is 0. The Morgan fingerprint density at radius 3 is 0.833 bits per heavy atom. The van der Waals surface area contributed by atoms with E-state index in [-0.39, 0.29) is 0 Å². The number of hydrogen-bond donors (Lipinski definition) is 2. The summed E-state index contributed by atoms with van der Waals surface area (Å²) >= 11 is 0. The van der Waals surface area contributed by atoms with Crippen LogP contribution in [0.1, 0.15) is 22.8 Å². The predicted molar refractivity (Wildman–Crippen MR) is 183 cm³/mol. The molecule has 2 N–H and O–H groups in total. The molecule has 226 valence electrons. The van der Waals surface area contributed by atoms with Crippen molar-refractivity contribution in [2.24, 2.45) is 0 Å². The minimum Gasteiger partial charge on any atom is -0.354 e. The molecule has 8 bridgehead atoms. The fraction of sp³-hybridized carbons (Fsp3) is 0. The summed E-state index contributed by atoms with van der Waals surface area (Å²) in [5.41, 5.74) is 11.8. The van der Waals surface area contributed by atoms with Gasteiger partial charge in [0, 0.05) is 49.6 Å². The molecule has 12 nitrogen and oxygen atoms in total. The topological polar surface area (TPSA) is 160 Å². The van der Waals surface area contributed by atoms with E-state index in [0.717, 1.165) is 44.3 Å². The van der Waals surface area contributed by atoms with Crippen LogP contribution in [0.15, 0.2) is 98.6 Å². The largest absolute Gasteiger partial charge is 0.354 e. The maximum Gasteiger partial charge on any atom is 0.0927 e. The van der Waals surface area contributed by atoms with Crippen LogP contribution in [0.3, 0.4) is 0 Å². The van der Waals surface area contributed by atoms with E-state index >= 15 is 0 Å². The Morgan fingerprint density at radius 1 is 0.333 bits per heavy atom. The molecule has 48 heavy (non-hydrogen) atoms. The Hall–Kier alpha value is -7.08. The lowest BCUT2D eigenvalue weighted by Gasteiger charge is -2.05. The highest BCUT2D eigenvalue weighted by molar-refractivity contribution is 5.98. The second-order valence-corrected chi connectivity index (χ2v) is 10.9. The molecular weight excluding hydrogens is 600 g/mol. The SMILES string of the molecule is C1=Cc2nc1c(-c1cnccn1)c1ccc([nH]1)c(-c1cnccn1)c1nc(c(-c3cnccn3)c3ccc([nH]3)c2-c2cnccn2)C=C1. The van der Waals surface area contributed by atoms with Crippen LogP contribution in [-0.2, 0) is 0 Å².